The van der Waals surface area contributed by atoms with Gasteiger partial charge in [0.05, 0.1) is 0 Å². The van der Waals surface area contributed by atoms with Crippen molar-refractivity contribution in [2.24, 2.45) is 5.73 Å². The van der Waals surface area contributed by atoms with E-state index in [0.717, 1.165) is 5.39 Å². The lowest BCUT2D eigenvalue weighted by Gasteiger charge is -2.10. The number of nitrogens with two attached hydrogens (primary N) is 1. The minimum absolute atomic E-state index is 0.0890. The Labute approximate surface area is 104 Å². The predicted molar refractivity (Wildman–Crippen MR) is 66.8 cm³/mol. The first-order chi connectivity index (χ1) is 8.61. The number of aliphatic hydroxyl groups is 1. The number of ether oxygens (including phenoxy) is 1. The van der Waals surface area contributed by atoms with Crippen LogP contribution in [0.4, 0.5) is 0 Å². The number of rotatable bonds is 5. The molecule has 0 spiro atoms. The molecular formula is C13H15NO4. The van der Waals surface area contributed by atoms with Gasteiger partial charge < -0.3 is 20.0 Å². The molecule has 0 amide bonds. The van der Waals surface area contributed by atoms with Gasteiger partial charge in [-0.3, -0.25) is 4.79 Å². The molecule has 96 valence electrons. The fraction of sp³-hybridized carbons (Fsp3) is 0.308. The molecule has 1 heterocycles. The quantitative estimate of drug-likeness (QED) is 0.781. The summed E-state index contributed by atoms with van der Waals surface area (Å²) in [6.07, 6.45) is -0.720. The minimum Gasteiger partial charge on any atom is -0.487 e. The molecule has 5 nitrogen and oxygen atoms in total. The lowest BCUT2D eigenvalue weighted by Crippen LogP contribution is -2.26. The third-order valence-corrected chi connectivity index (χ3v) is 2.56. The molecule has 0 fully saturated rings. The Bertz CT molecular complexity index is 561. The molecule has 18 heavy (non-hydrogen) atoms. The van der Waals surface area contributed by atoms with E-state index in [1.165, 1.54) is 6.92 Å². The average molecular weight is 249 g/mol. The van der Waals surface area contributed by atoms with Crippen molar-refractivity contribution in [1.29, 1.82) is 0 Å². The number of aliphatic hydroxyl groups excluding tert-OH is 1. The van der Waals surface area contributed by atoms with E-state index in [4.69, 9.17) is 14.9 Å². The van der Waals surface area contributed by atoms with Crippen molar-refractivity contribution >= 4 is 16.8 Å². The number of hydrogen-bond donors (Lipinski definition) is 2. The average Bonchev–Trinajstić information content (AvgIpc) is 2.80. The molecule has 0 aliphatic carbocycles. The number of Topliss-reactive ketones (excluding diaryl/α,β-unsaturated/α-hetero) is 1. The fourth-order valence-corrected chi connectivity index (χ4v) is 1.58. The van der Waals surface area contributed by atoms with Crippen molar-refractivity contribution in [3.05, 3.63) is 30.0 Å². The standard InChI is InChI=1S/C13H15NO4/c1-8(15)12-5-9-3-2-4-11(13(9)18-12)17-7-10(16)6-14/h2-5,10,16H,6-7,14H2,1H3. The zero-order valence-electron chi connectivity index (χ0n) is 10.1. The van der Waals surface area contributed by atoms with Crippen LogP contribution in [0.5, 0.6) is 5.75 Å². The number of carbonyl (C=O) groups is 1. The molecule has 0 saturated carbocycles. The SMILES string of the molecule is CC(=O)c1cc2cccc(OCC(O)CN)c2o1. The molecule has 1 aromatic heterocycles. The Kier molecular flexibility index (Phi) is 3.64. The Hall–Kier alpha value is -1.85. The summed E-state index contributed by atoms with van der Waals surface area (Å²) in [6.45, 7) is 1.66. The van der Waals surface area contributed by atoms with E-state index < -0.39 is 6.10 Å². The number of benzene rings is 1. The van der Waals surface area contributed by atoms with E-state index in [1.807, 2.05) is 6.07 Å². The first-order valence-corrected chi connectivity index (χ1v) is 5.66. The summed E-state index contributed by atoms with van der Waals surface area (Å²) < 4.78 is 10.9. The van der Waals surface area contributed by atoms with Gasteiger partial charge in [0.1, 0.15) is 12.7 Å². The molecule has 0 radical (unpaired) electrons. The van der Waals surface area contributed by atoms with Crippen molar-refractivity contribution in [2.45, 2.75) is 13.0 Å². The van der Waals surface area contributed by atoms with E-state index in [9.17, 15) is 9.90 Å². The fourth-order valence-electron chi connectivity index (χ4n) is 1.58. The highest BCUT2D eigenvalue weighted by molar-refractivity contribution is 5.97. The molecule has 1 atom stereocenters. The van der Waals surface area contributed by atoms with E-state index in [-0.39, 0.29) is 18.9 Å². The van der Waals surface area contributed by atoms with Crippen molar-refractivity contribution < 1.29 is 19.1 Å². The first kappa shape index (κ1) is 12.6. The maximum atomic E-state index is 11.2. The van der Waals surface area contributed by atoms with Crippen molar-refractivity contribution in [1.82, 2.24) is 0 Å². The van der Waals surface area contributed by atoms with E-state index in [0.29, 0.717) is 17.1 Å². The van der Waals surface area contributed by atoms with Crippen LogP contribution < -0.4 is 10.5 Å². The topological polar surface area (TPSA) is 85.7 Å². The second-order valence-electron chi connectivity index (χ2n) is 4.04. The Morgan fingerprint density at radius 1 is 1.56 bits per heavy atom. The van der Waals surface area contributed by atoms with Gasteiger partial charge in [-0.25, -0.2) is 0 Å². The number of carbonyl (C=O) groups excluding carboxylic acids is 1. The van der Waals surface area contributed by atoms with Crippen LogP contribution in [-0.2, 0) is 0 Å². The highest BCUT2D eigenvalue weighted by atomic mass is 16.5. The summed E-state index contributed by atoms with van der Waals surface area (Å²) in [4.78, 5) is 11.2. The molecule has 0 aliphatic rings. The van der Waals surface area contributed by atoms with Gasteiger partial charge in [-0.05, 0) is 12.1 Å². The van der Waals surface area contributed by atoms with Crippen LogP contribution in [0, 0.1) is 0 Å². The van der Waals surface area contributed by atoms with Crippen LogP contribution in [-0.4, -0.2) is 30.1 Å². The van der Waals surface area contributed by atoms with Crippen molar-refractivity contribution in [3.8, 4) is 5.75 Å². The van der Waals surface area contributed by atoms with E-state index in [1.54, 1.807) is 18.2 Å². The molecule has 0 aliphatic heterocycles. The molecule has 0 bridgehead atoms. The van der Waals surface area contributed by atoms with Crippen LogP contribution >= 0.6 is 0 Å². The largest absolute Gasteiger partial charge is 0.487 e. The summed E-state index contributed by atoms with van der Waals surface area (Å²) in [6, 6.07) is 7.02. The molecule has 1 aromatic carbocycles. The number of para-hydroxylation sites is 1. The first-order valence-electron chi connectivity index (χ1n) is 5.66. The zero-order valence-corrected chi connectivity index (χ0v) is 10.1. The van der Waals surface area contributed by atoms with Crippen molar-refractivity contribution in [3.63, 3.8) is 0 Å². The Morgan fingerprint density at radius 2 is 2.33 bits per heavy atom. The summed E-state index contributed by atoms with van der Waals surface area (Å²) >= 11 is 0. The smallest absolute Gasteiger partial charge is 0.194 e. The van der Waals surface area contributed by atoms with E-state index in [2.05, 4.69) is 0 Å². The van der Waals surface area contributed by atoms with Gasteiger partial charge in [-0.2, -0.15) is 0 Å². The van der Waals surface area contributed by atoms with Crippen LogP contribution in [0.15, 0.2) is 28.7 Å². The highest BCUT2D eigenvalue weighted by Gasteiger charge is 2.12. The second-order valence-corrected chi connectivity index (χ2v) is 4.04. The molecule has 3 N–H and O–H groups in total. The van der Waals surface area contributed by atoms with Crippen LogP contribution in [0.1, 0.15) is 17.5 Å². The summed E-state index contributed by atoms with van der Waals surface area (Å²) in [5.41, 5.74) is 5.80. The third-order valence-electron chi connectivity index (χ3n) is 2.56. The normalized spacial score (nSPS) is 12.6. The summed E-state index contributed by atoms with van der Waals surface area (Å²) in [5, 5.41) is 10.1. The molecular weight excluding hydrogens is 234 g/mol. The van der Waals surface area contributed by atoms with Gasteiger partial charge in [0, 0.05) is 18.9 Å². The van der Waals surface area contributed by atoms with Gasteiger partial charge in [0.25, 0.3) is 0 Å². The maximum Gasteiger partial charge on any atom is 0.194 e. The number of fused-ring (bicyclic) bond motifs is 1. The second kappa shape index (κ2) is 5.20. The van der Waals surface area contributed by atoms with Gasteiger partial charge in [-0.1, -0.05) is 12.1 Å². The minimum atomic E-state index is -0.720. The number of hydrogen-bond acceptors (Lipinski definition) is 5. The summed E-state index contributed by atoms with van der Waals surface area (Å²) in [7, 11) is 0. The van der Waals surface area contributed by atoms with Gasteiger partial charge in [0.2, 0.25) is 0 Å². The summed E-state index contributed by atoms with van der Waals surface area (Å²) in [5.74, 6) is 0.645. The van der Waals surface area contributed by atoms with Crippen LogP contribution in [0.3, 0.4) is 0 Å². The predicted octanol–water partition coefficient (Wildman–Crippen LogP) is 1.33. The zero-order chi connectivity index (χ0) is 13.1. The van der Waals surface area contributed by atoms with Crippen LogP contribution in [0.2, 0.25) is 0 Å². The third kappa shape index (κ3) is 2.52. The molecule has 5 heteroatoms. The maximum absolute atomic E-state index is 11.2. The lowest BCUT2D eigenvalue weighted by atomic mass is 10.2. The number of furan rings is 1. The van der Waals surface area contributed by atoms with Crippen molar-refractivity contribution in [2.75, 3.05) is 13.2 Å². The molecule has 2 aromatic rings. The monoisotopic (exact) mass is 249 g/mol. The van der Waals surface area contributed by atoms with Gasteiger partial charge in [0.15, 0.2) is 22.9 Å². The van der Waals surface area contributed by atoms with Crippen LogP contribution in [0.25, 0.3) is 11.0 Å². The Balaban J connectivity index is 2.30. The van der Waals surface area contributed by atoms with E-state index >= 15 is 0 Å². The number of ketones is 1. The molecule has 1 unspecified atom stereocenters. The van der Waals surface area contributed by atoms with Gasteiger partial charge >= 0.3 is 0 Å². The van der Waals surface area contributed by atoms with Gasteiger partial charge in [-0.15, -0.1) is 0 Å². The Morgan fingerprint density at radius 3 is 3.00 bits per heavy atom. The highest BCUT2D eigenvalue weighted by Crippen LogP contribution is 2.28. The molecule has 0 saturated heterocycles. The molecule has 2 rings (SSSR count). The lowest BCUT2D eigenvalue weighted by molar-refractivity contribution is 0.0987.